The maximum absolute atomic E-state index is 12.9. The van der Waals surface area contributed by atoms with Gasteiger partial charge in [-0.3, -0.25) is 9.59 Å². The molecule has 2 saturated heterocycles. The van der Waals surface area contributed by atoms with Gasteiger partial charge in [-0.1, -0.05) is 5.16 Å². The lowest BCUT2D eigenvalue weighted by Gasteiger charge is -2.38. The van der Waals surface area contributed by atoms with Crippen molar-refractivity contribution in [3.8, 4) is 0 Å². The van der Waals surface area contributed by atoms with Crippen LogP contribution in [0.5, 0.6) is 0 Å². The minimum Gasteiger partial charge on any atom is -0.381 e. The van der Waals surface area contributed by atoms with E-state index in [0.717, 1.165) is 32.1 Å². The summed E-state index contributed by atoms with van der Waals surface area (Å²) in [6.45, 7) is 4.45. The van der Waals surface area contributed by atoms with Gasteiger partial charge < -0.3 is 19.1 Å². The summed E-state index contributed by atoms with van der Waals surface area (Å²) >= 11 is 0. The molecule has 2 amide bonds. The molecule has 0 aromatic carbocycles. The quantitative estimate of drug-likeness (QED) is 0.827. The van der Waals surface area contributed by atoms with E-state index in [4.69, 9.17) is 9.26 Å². The second kappa shape index (κ2) is 6.78. The summed E-state index contributed by atoms with van der Waals surface area (Å²) in [6.07, 6.45) is 4.63. The van der Waals surface area contributed by atoms with Gasteiger partial charge in [0.25, 0.3) is 5.91 Å². The third-order valence-corrected chi connectivity index (χ3v) is 5.46. The number of likely N-dealkylation sites (tertiary alicyclic amines) is 1. The molecule has 1 aliphatic carbocycles. The Morgan fingerprint density at radius 3 is 2.56 bits per heavy atom. The zero-order valence-corrected chi connectivity index (χ0v) is 14.6. The molecule has 1 saturated carbocycles. The average molecular weight is 347 g/mol. The fourth-order valence-corrected chi connectivity index (χ4v) is 3.94. The van der Waals surface area contributed by atoms with Crippen molar-refractivity contribution in [2.24, 2.45) is 5.92 Å². The molecule has 1 aromatic heterocycles. The molecule has 3 aliphatic rings. The van der Waals surface area contributed by atoms with Gasteiger partial charge in [0.15, 0.2) is 5.69 Å². The molecule has 1 atom stereocenters. The SMILES string of the molecule is Cc1cc(C(=O)N2CCC(N(C(=O)C3CC3)C3CCOCC3)C2)no1. The molecule has 25 heavy (non-hydrogen) atoms. The van der Waals surface area contributed by atoms with E-state index >= 15 is 0 Å². The van der Waals surface area contributed by atoms with E-state index in [2.05, 4.69) is 10.1 Å². The van der Waals surface area contributed by atoms with Crippen LogP contribution in [0.4, 0.5) is 0 Å². The Hall–Kier alpha value is -1.89. The van der Waals surface area contributed by atoms with E-state index in [0.29, 0.717) is 37.8 Å². The summed E-state index contributed by atoms with van der Waals surface area (Å²) in [6, 6.07) is 2.02. The molecule has 0 spiro atoms. The van der Waals surface area contributed by atoms with Crippen molar-refractivity contribution in [2.75, 3.05) is 26.3 Å². The van der Waals surface area contributed by atoms with Crippen LogP contribution >= 0.6 is 0 Å². The van der Waals surface area contributed by atoms with Crippen LogP contribution < -0.4 is 0 Å². The van der Waals surface area contributed by atoms with Crippen molar-refractivity contribution in [1.82, 2.24) is 15.0 Å². The Balaban J connectivity index is 1.46. The first-order valence-corrected chi connectivity index (χ1v) is 9.26. The van der Waals surface area contributed by atoms with Crippen LogP contribution in [0.15, 0.2) is 10.6 Å². The number of rotatable bonds is 4. The van der Waals surface area contributed by atoms with E-state index in [9.17, 15) is 9.59 Å². The van der Waals surface area contributed by atoms with Crippen molar-refractivity contribution >= 4 is 11.8 Å². The highest BCUT2D eigenvalue weighted by Crippen LogP contribution is 2.35. The summed E-state index contributed by atoms with van der Waals surface area (Å²) in [4.78, 5) is 29.4. The molecular weight excluding hydrogens is 322 g/mol. The summed E-state index contributed by atoms with van der Waals surface area (Å²) in [7, 11) is 0. The zero-order chi connectivity index (χ0) is 17.4. The predicted octanol–water partition coefficient (Wildman–Crippen LogP) is 1.62. The monoisotopic (exact) mass is 347 g/mol. The molecule has 136 valence electrons. The number of amides is 2. The molecule has 7 nitrogen and oxygen atoms in total. The third-order valence-electron chi connectivity index (χ3n) is 5.46. The van der Waals surface area contributed by atoms with Crippen molar-refractivity contribution in [3.05, 3.63) is 17.5 Å². The molecule has 3 fully saturated rings. The number of nitrogens with zero attached hydrogens (tertiary/aromatic N) is 3. The fraction of sp³-hybridized carbons (Fsp3) is 0.722. The number of hydrogen-bond acceptors (Lipinski definition) is 5. The molecule has 7 heteroatoms. The van der Waals surface area contributed by atoms with Crippen LogP contribution in [0, 0.1) is 12.8 Å². The number of hydrogen-bond donors (Lipinski definition) is 0. The first-order valence-electron chi connectivity index (χ1n) is 9.26. The minimum absolute atomic E-state index is 0.105. The number of aryl methyl sites for hydroxylation is 1. The fourth-order valence-electron chi connectivity index (χ4n) is 3.94. The van der Waals surface area contributed by atoms with Crippen molar-refractivity contribution in [1.29, 1.82) is 0 Å². The normalized spacial score (nSPS) is 24.5. The lowest BCUT2D eigenvalue weighted by molar-refractivity contribution is -0.139. The number of ether oxygens (including phenoxy) is 1. The summed E-state index contributed by atoms with van der Waals surface area (Å²) in [5.74, 6) is 1.01. The van der Waals surface area contributed by atoms with Gasteiger partial charge in [0.1, 0.15) is 5.76 Å². The van der Waals surface area contributed by atoms with Crippen LogP contribution in [-0.2, 0) is 9.53 Å². The van der Waals surface area contributed by atoms with Gasteiger partial charge in [-0.05, 0) is 39.0 Å². The molecule has 1 aromatic rings. The highest BCUT2D eigenvalue weighted by molar-refractivity contribution is 5.92. The van der Waals surface area contributed by atoms with Gasteiger partial charge in [-0.2, -0.15) is 0 Å². The Bertz CT molecular complexity index is 649. The molecular formula is C18H25N3O4. The lowest BCUT2D eigenvalue weighted by atomic mass is 10.0. The molecule has 0 N–H and O–H groups in total. The average Bonchev–Trinajstić information content (AvgIpc) is 3.22. The second-order valence-corrected chi connectivity index (χ2v) is 7.38. The standard InChI is InChI=1S/C18H25N3O4/c1-12-10-16(19-25-12)18(23)20-7-4-15(11-20)21(17(22)13-2-3-13)14-5-8-24-9-6-14/h10,13-15H,2-9,11H2,1H3. The van der Waals surface area contributed by atoms with Crippen LogP contribution in [0.25, 0.3) is 0 Å². The van der Waals surface area contributed by atoms with Gasteiger partial charge >= 0.3 is 0 Å². The zero-order valence-electron chi connectivity index (χ0n) is 14.6. The van der Waals surface area contributed by atoms with E-state index in [1.165, 1.54) is 0 Å². The van der Waals surface area contributed by atoms with Crippen LogP contribution in [0.2, 0.25) is 0 Å². The van der Waals surface area contributed by atoms with Crippen LogP contribution in [-0.4, -0.2) is 65.2 Å². The van der Waals surface area contributed by atoms with Gasteiger partial charge in [-0.15, -0.1) is 0 Å². The maximum Gasteiger partial charge on any atom is 0.276 e. The predicted molar refractivity (Wildman–Crippen MR) is 89.0 cm³/mol. The number of aromatic nitrogens is 1. The van der Waals surface area contributed by atoms with E-state index in [1.54, 1.807) is 17.9 Å². The Morgan fingerprint density at radius 1 is 1.16 bits per heavy atom. The largest absolute Gasteiger partial charge is 0.381 e. The topological polar surface area (TPSA) is 75.9 Å². The molecule has 0 radical (unpaired) electrons. The summed E-state index contributed by atoms with van der Waals surface area (Å²) in [5, 5.41) is 3.83. The van der Waals surface area contributed by atoms with Gasteiger partial charge in [0, 0.05) is 44.3 Å². The maximum atomic E-state index is 12.9. The van der Waals surface area contributed by atoms with Crippen LogP contribution in [0.1, 0.15) is 48.4 Å². The molecule has 3 heterocycles. The Kier molecular flexibility index (Phi) is 4.50. The van der Waals surface area contributed by atoms with E-state index < -0.39 is 0 Å². The first kappa shape index (κ1) is 16.6. The lowest BCUT2D eigenvalue weighted by Crippen LogP contribution is -2.51. The summed E-state index contributed by atoms with van der Waals surface area (Å²) < 4.78 is 10.5. The van der Waals surface area contributed by atoms with Crippen molar-refractivity contribution in [2.45, 2.75) is 51.1 Å². The van der Waals surface area contributed by atoms with E-state index in [-0.39, 0.29) is 29.8 Å². The van der Waals surface area contributed by atoms with Gasteiger partial charge in [-0.25, -0.2) is 0 Å². The third kappa shape index (κ3) is 3.42. The smallest absolute Gasteiger partial charge is 0.276 e. The highest BCUT2D eigenvalue weighted by Gasteiger charge is 2.42. The Morgan fingerprint density at radius 2 is 1.92 bits per heavy atom. The van der Waals surface area contributed by atoms with Crippen LogP contribution in [0.3, 0.4) is 0 Å². The molecule has 0 bridgehead atoms. The summed E-state index contributed by atoms with van der Waals surface area (Å²) in [5.41, 5.74) is 0.351. The van der Waals surface area contributed by atoms with Crippen molar-refractivity contribution < 1.29 is 18.8 Å². The molecule has 1 unspecified atom stereocenters. The van der Waals surface area contributed by atoms with Gasteiger partial charge in [0.05, 0.1) is 6.04 Å². The van der Waals surface area contributed by atoms with Gasteiger partial charge in [0.2, 0.25) is 5.91 Å². The first-order chi connectivity index (χ1) is 12.1. The number of carbonyl (C=O) groups excluding carboxylic acids is 2. The second-order valence-electron chi connectivity index (χ2n) is 7.38. The number of carbonyl (C=O) groups is 2. The minimum atomic E-state index is -0.106. The highest BCUT2D eigenvalue weighted by atomic mass is 16.5. The Labute approximate surface area is 147 Å². The molecule has 4 rings (SSSR count). The van der Waals surface area contributed by atoms with E-state index in [1.807, 2.05) is 0 Å². The van der Waals surface area contributed by atoms with Crippen molar-refractivity contribution in [3.63, 3.8) is 0 Å². The molecule has 2 aliphatic heterocycles.